The van der Waals surface area contributed by atoms with Gasteiger partial charge in [-0.25, -0.2) is 4.79 Å². The number of primary amides is 2. The number of carboxylic acid groups (broad SMARTS) is 1. The second kappa shape index (κ2) is 52.6. The number of aromatic amines is 1. The van der Waals surface area contributed by atoms with Gasteiger partial charge in [0.15, 0.2) is 0 Å². The predicted octanol–water partition coefficient (Wildman–Crippen LogP) is -2.84. The van der Waals surface area contributed by atoms with Gasteiger partial charge in [0, 0.05) is 74.6 Å². The fourth-order valence-corrected chi connectivity index (χ4v) is 15.1. The third-order valence-electron chi connectivity index (χ3n) is 21.7. The summed E-state index contributed by atoms with van der Waals surface area (Å²) in [6, 6.07) is 1.01. The van der Waals surface area contributed by atoms with Crippen molar-refractivity contribution in [2.75, 3.05) is 38.2 Å². The molecule has 132 heavy (non-hydrogen) atoms. The van der Waals surface area contributed by atoms with Crippen molar-refractivity contribution >= 4 is 129 Å². The van der Waals surface area contributed by atoms with Gasteiger partial charge in [0.2, 0.25) is 94.5 Å². The summed E-state index contributed by atoms with van der Waals surface area (Å²) in [7, 11) is 1.25. The normalized spacial score (nSPS) is 23.9. The van der Waals surface area contributed by atoms with Gasteiger partial charge in [-0.15, -0.1) is 11.8 Å². The summed E-state index contributed by atoms with van der Waals surface area (Å²) < 4.78 is 0. The van der Waals surface area contributed by atoms with Crippen molar-refractivity contribution in [3.8, 4) is 11.1 Å². The van der Waals surface area contributed by atoms with Gasteiger partial charge in [-0.2, -0.15) is 0 Å². The third-order valence-corrected chi connectivity index (χ3v) is 22.8. The lowest BCUT2D eigenvalue weighted by Crippen LogP contribution is -2.63. The number of H-pyrrole nitrogens is 1. The molecule has 0 aliphatic carbocycles. The molecule has 6 rings (SSSR count). The van der Waals surface area contributed by atoms with E-state index in [-0.39, 0.29) is 76.3 Å². The fourth-order valence-electron chi connectivity index (χ4n) is 14.2. The van der Waals surface area contributed by atoms with Gasteiger partial charge in [-0.1, -0.05) is 128 Å². The SMILES string of the molecule is CC(C)C[C@@H]1NC(=O)[C@H](CCN)NC(=O)[C@@H](CC(C)C)NC(=O)[C@H](C)N(C)C(=O)[C@H](CCCNC(N)=O)NC(=O)[C@H](Cc2ccc(-c3ccccc3)cc2)NC(=O)[C@H](C(C)C)NC(=O)[C@H](Cc2c[nH]c3ccccc23)NC(=O)[C@H](CC(=O)O)NC(=O)[C@H](Cc2ccncc2)NC(=O)[C@H](CN)NC(=O)CSC[C@@H](C(=O)N[C@@H](C)C(N)=O)NC(=O)[C@H]([C@@H](C)O)NC(=O)[C@H](C(C)C)NC1=O. The van der Waals surface area contributed by atoms with Crippen LogP contribution < -0.4 is 103 Å². The number of nitrogens with one attached hydrogen (secondary N) is 16. The summed E-state index contributed by atoms with van der Waals surface area (Å²) >= 11 is 0.688. The molecule has 720 valence electrons. The van der Waals surface area contributed by atoms with Crippen molar-refractivity contribution in [2.45, 2.75) is 231 Å². The summed E-state index contributed by atoms with van der Waals surface area (Å²) in [6.07, 6.45) is -0.245. The summed E-state index contributed by atoms with van der Waals surface area (Å²) in [5.74, 6) is -21.3. The molecule has 1 aliphatic rings. The van der Waals surface area contributed by atoms with Crippen LogP contribution in [0.1, 0.15) is 131 Å². The number of para-hydroxylation sites is 1. The van der Waals surface area contributed by atoms with Crippen molar-refractivity contribution in [2.24, 2.45) is 46.6 Å². The van der Waals surface area contributed by atoms with Crippen LogP contribution in [0.5, 0.6) is 0 Å². The molecule has 16 atom stereocenters. The molecule has 5 aromatic rings. The van der Waals surface area contributed by atoms with E-state index in [0.29, 0.717) is 39.4 Å². The Balaban J connectivity index is 1.47. The Morgan fingerprint density at radius 3 is 1.50 bits per heavy atom. The number of urea groups is 1. The van der Waals surface area contributed by atoms with E-state index >= 15 is 24.0 Å². The van der Waals surface area contributed by atoms with Gasteiger partial charge in [0.05, 0.1) is 18.3 Å². The van der Waals surface area contributed by atoms with Gasteiger partial charge in [-0.05, 0) is 129 Å². The molecule has 1 aliphatic heterocycles. The number of hydrogen-bond acceptors (Lipinski definition) is 23. The highest BCUT2D eigenvalue weighted by Gasteiger charge is 2.41. The zero-order chi connectivity index (χ0) is 97.9. The molecule has 3 aromatic carbocycles. The summed E-state index contributed by atoms with van der Waals surface area (Å²) in [6.45, 7) is 15.9. The molecule has 18 amide bonds. The van der Waals surface area contributed by atoms with E-state index in [2.05, 4.69) is 89.7 Å². The van der Waals surface area contributed by atoms with Gasteiger partial charge in [0.25, 0.3) is 0 Å². The Labute approximate surface area is 769 Å². The largest absolute Gasteiger partial charge is 0.481 e. The Morgan fingerprint density at radius 2 is 0.955 bits per heavy atom. The molecular formula is C89H128N22O20S. The highest BCUT2D eigenvalue weighted by atomic mass is 32.2. The molecular weight excluding hydrogens is 1730 g/mol. The van der Waals surface area contributed by atoms with Gasteiger partial charge >= 0.3 is 12.0 Å². The maximum atomic E-state index is 15.4. The lowest BCUT2D eigenvalue weighted by molar-refractivity contribution is -0.143. The van der Waals surface area contributed by atoms with Crippen LogP contribution in [0.15, 0.2) is 110 Å². The topological polar surface area (TPSA) is 664 Å². The summed E-state index contributed by atoms with van der Waals surface area (Å²) in [4.78, 5) is 266. The maximum Gasteiger partial charge on any atom is 0.312 e. The number of aliphatic hydroxyl groups excluding tert-OH is 1. The van der Waals surface area contributed by atoms with Crippen LogP contribution in [0.4, 0.5) is 4.79 Å². The number of aliphatic hydroxyl groups is 1. The Morgan fingerprint density at radius 1 is 0.500 bits per heavy atom. The molecule has 0 spiro atoms. The zero-order valence-corrected chi connectivity index (χ0v) is 77.0. The average molecular weight is 1860 g/mol. The Bertz CT molecular complexity index is 4830. The first-order valence-corrected chi connectivity index (χ1v) is 44.9. The predicted molar refractivity (Wildman–Crippen MR) is 489 cm³/mol. The van der Waals surface area contributed by atoms with Crippen LogP contribution in [-0.4, -0.2) is 267 Å². The van der Waals surface area contributed by atoms with E-state index in [1.165, 1.54) is 59.3 Å². The lowest BCUT2D eigenvalue weighted by Gasteiger charge is -2.32. The highest BCUT2D eigenvalue weighted by molar-refractivity contribution is 8.00. The molecule has 2 aromatic heterocycles. The zero-order valence-electron chi connectivity index (χ0n) is 76.2. The molecule has 3 heterocycles. The summed E-state index contributed by atoms with van der Waals surface area (Å²) in [5.41, 5.74) is 26.5. The number of likely N-dealkylation sites (N-methyl/N-ethyl adjacent to an activating group) is 1. The molecule has 43 heteroatoms. The fraction of sp³-hybridized carbons (Fsp3) is 0.517. The van der Waals surface area contributed by atoms with E-state index in [9.17, 15) is 72.5 Å². The first kappa shape index (κ1) is 108. The van der Waals surface area contributed by atoms with Crippen LogP contribution in [0.3, 0.4) is 0 Å². The number of aliphatic carboxylic acids is 1. The van der Waals surface area contributed by atoms with Crippen molar-refractivity contribution in [3.05, 3.63) is 126 Å². The molecule has 0 radical (unpaired) electrons. The Hall–Kier alpha value is -13.2. The number of hydrogen-bond donors (Lipinski definition) is 22. The van der Waals surface area contributed by atoms with Crippen LogP contribution in [0.2, 0.25) is 0 Å². The smallest absolute Gasteiger partial charge is 0.312 e. The second-order valence-electron chi connectivity index (χ2n) is 34.1. The number of fused-ring (bicyclic) bond motifs is 1. The van der Waals surface area contributed by atoms with Crippen molar-refractivity contribution in [3.63, 3.8) is 0 Å². The molecule has 0 saturated carbocycles. The minimum absolute atomic E-state index is 0.0252. The van der Waals surface area contributed by atoms with Crippen molar-refractivity contribution in [1.82, 2.24) is 94.6 Å². The third kappa shape index (κ3) is 34.0. The number of carbonyl (C=O) groups excluding carboxylic acids is 17. The number of pyridine rings is 1. The van der Waals surface area contributed by atoms with Crippen LogP contribution in [0, 0.1) is 23.7 Å². The maximum absolute atomic E-state index is 15.4. The monoisotopic (exact) mass is 1860 g/mol. The van der Waals surface area contributed by atoms with Gasteiger partial charge < -0.3 is 123 Å². The number of carboxylic acids is 1. The minimum atomic E-state index is -2.05. The van der Waals surface area contributed by atoms with Crippen LogP contribution >= 0.6 is 11.8 Å². The summed E-state index contributed by atoms with van der Waals surface area (Å²) in [5, 5.41) is 60.5. The van der Waals surface area contributed by atoms with Crippen molar-refractivity contribution < 1.29 is 96.5 Å². The number of amides is 18. The number of thioether (sulfide) groups is 1. The first-order chi connectivity index (χ1) is 62.4. The number of benzene rings is 3. The van der Waals surface area contributed by atoms with Crippen LogP contribution in [-0.2, 0) is 101 Å². The highest BCUT2D eigenvalue weighted by Crippen LogP contribution is 2.24. The minimum Gasteiger partial charge on any atom is -0.481 e. The van der Waals surface area contributed by atoms with E-state index in [4.69, 9.17) is 22.9 Å². The number of carbonyl (C=O) groups is 18. The lowest BCUT2D eigenvalue weighted by atomic mass is 9.98. The number of nitrogens with zero attached hydrogens (tertiary/aromatic N) is 2. The van der Waals surface area contributed by atoms with E-state index in [0.717, 1.165) is 23.0 Å². The first-order valence-electron chi connectivity index (χ1n) is 43.7. The molecule has 0 unspecified atom stereocenters. The van der Waals surface area contributed by atoms with Crippen LogP contribution in [0.25, 0.3) is 22.0 Å². The molecule has 1 fully saturated rings. The Kier molecular flexibility index (Phi) is 42.9. The van der Waals surface area contributed by atoms with Crippen molar-refractivity contribution in [1.29, 1.82) is 0 Å². The second-order valence-corrected chi connectivity index (χ2v) is 35.2. The molecule has 1 saturated heterocycles. The number of nitrogens with two attached hydrogens (primary N) is 4. The van der Waals surface area contributed by atoms with Gasteiger partial charge in [0.1, 0.15) is 90.6 Å². The average Bonchev–Trinajstić information content (AvgIpc) is 1.57. The molecule has 0 bridgehead atoms. The van der Waals surface area contributed by atoms with E-state index in [1.54, 1.807) is 96.3 Å². The molecule has 26 N–H and O–H groups in total. The number of aromatic nitrogens is 2. The van der Waals surface area contributed by atoms with E-state index < -0.39 is 240 Å². The molecule has 42 nitrogen and oxygen atoms in total. The number of rotatable bonds is 26. The quantitative estimate of drug-likeness (QED) is 0.0248. The van der Waals surface area contributed by atoms with E-state index in [1.807, 2.05) is 30.3 Å². The standard InChI is InChI=1S/C89H128N22O20S/c1-45(2)35-61-77(119)99-59(28-31-90)76(118)102-62(36-46(3)4)81(123)109-72(48(7)8)86(128)110-73(51(11)112)87(129)107-68(84(126)97-49(9)74(92)116)43-132-44-69(113)98-67(41-91)83(125)103-63(38-53-29-33-94-34-30-53)79(121)105-66(40-70(114)115)80(122)104-65(39-56-42-96-58-22-17-16-21-57(56)58)82(124)108-71(47(5)6)85(127)106-64(37-52-24-26-55(27-25-52)54-19-14-13-15-20-54)78(120)100-60(23-18-32-95-89(93)131)88(130)111(12)50(10)75(117)101-61/h13-17,19-22,24-27,29-30,33-34,42,45-51,59-68,71-73,96,112H,18,23,28,31-32,35-41,43-44,90-91H2,1-12H3,(H2,92,116)(H,97,126)(H,98,113)(H,99,119)(H,100,120)(H,101,117)(H,102,118)(H,103,125)(H,104,122)(H,105,121)(H,106,127)(H,107,129)(H,108,124)(H,109,123)(H,110,128)(H,114,115)(H3,93,95,131)/t49-,50-,51+,59-,60-,61+,62-,63-,64-,65-,66-,67-,68-,71-,72-,73-/m0/s1. The van der Waals surface area contributed by atoms with Gasteiger partial charge in [-0.3, -0.25) is 86.5 Å².